The highest BCUT2D eigenvalue weighted by Gasteiger charge is 2.22. The van der Waals surface area contributed by atoms with Crippen LogP contribution in [0.1, 0.15) is 47.1 Å². The van der Waals surface area contributed by atoms with Crippen molar-refractivity contribution in [1.29, 1.82) is 0 Å². The van der Waals surface area contributed by atoms with Gasteiger partial charge in [0.1, 0.15) is 0 Å². The van der Waals surface area contributed by atoms with Crippen molar-refractivity contribution >= 4 is 5.69 Å². The maximum atomic E-state index is 5.85. The van der Waals surface area contributed by atoms with Crippen LogP contribution in [0.3, 0.4) is 0 Å². The van der Waals surface area contributed by atoms with E-state index < -0.39 is 0 Å². The van der Waals surface area contributed by atoms with Crippen LogP contribution in [-0.4, -0.2) is 25.8 Å². The van der Waals surface area contributed by atoms with Gasteiger partial charge in [-0.1, -0.05) is 26.0 Å². The zero-order valence-electron chi connectivity index (χ0n) is 13.4. The van der Waals surface area contributed by atoms with Crippen molar-refractivity contribution in [3.8, 4) is 0 Å². The van der Waals surface area contributed by atoms with E-state index in [1.165, 1.54) is 11.3 Å². The van der Waals surface area contributed by atoms with Gasteiger partial charge in [-0.05, 0) is 38.0 Å². The summed E-state index contributed by atoms with van der Waals surface area (Å²) in [6, 6.07) is 8.67. The fourth-order valence-electron chi connectivity index (χ4n) is 2.32. The van der Waals surface area contributed by atoms with E-state index in [1.807, 2.05) is 20.8 Å². The van der Waals surface area contributed by atoms with Crippen LogP contribution in [0.5, 0.6) is 0 Å². The van der Waals surface area contributed by atoms with Crippen molar-refractivity contribution in [1.82, 2.24) is 6.15 Å². The molecule has 0 spiro atoms. The summed E-state index contributed by atoms with van der Waals surface area (Å²) in [4.78, 5) is 2.38. The zero-order chi connectivity index (χ0) is 14.3. The minimum Gasteiger partial charge on any atom is -0.377 e. The van der Waals surface area contributed by atoms with Gasteiger partial charge in [-0.3, -0.25) is 0 Å². The van der Waals surface area contributed by atoms with E-state index in [0.29, 0.717) is 6.10 Å². The van der Waals surface area contributed by atoms with Crippen LogP contribution in [0.15, 0.2) is 24.3 Å². The molecule has 0 amide bonds. The summed E-state index contributed by atoms with van der Waals surface area (Å²) in [5, 5.41) is 0. The van der Waals surface area contributed by atoms with Gasteiger partial charge in [-0.2, -0.15) is 0 Å². The number of nitrogens with zero attached hydrogens (tertiary/aromatic N) is 1. The summed E-state index contributed by atoms with van der Waals surface area (Å²) in [5.41, 5.74) is 8.31. The molecule has 1 aromatic carbocycles. The highest BCUT2D eigenvalue weighted by atomic mass is 16.5. The quantitative estimate of drug-likeness (QED) is 0.882. The molecule has 4 nitrogen and oxygen atoms in total. The number of nitrogens with two attached hydrogens (primary N) is 1. The van der Waals surface area contributed by atoms with Gasteiger partial charge in [0.05, 0.1) is 6.10 Å². The molecule has 1 aliphatic heterocycles. The van der Waals surface area contributed by atoms with Gasteiger partial charge in [0.2, 0.25) is 0 Å². The van der Waals surface area contributed by atoms with Gasteiger partial charge in [-0.25, -0.2) is 0 Å². The summed E-state index contributed by atoms with van der Waals surface area (Å²) in [7, 11) is 0. The second-order valence-corrected chi connectivity index (χ2v) is 4.69. The SMILES string of the molecule is CC.CCO[C@@H]1CCN(c2ccc(C(C)N)cc2)C1.N.[HH]. The highest BCUT2D eigenvalue weighted by Crippen LogP contribution is 2.23. The van der Waals surface area contributed by atoms with Gasteiger partial charge in [-0.15, -0.1) is 0 Å². The number of ether oxygens (including phenoxy) is 1. The molecule has 5 N–H and O–H groups in total. The topological polar surface area (TPSA) is 73.5 Å². The van der Waals surface area contributed by atoms with Gasteiger partial charge in [0.25, 0.3) is 0 Å². The van der Waals surface area contributed by atoms with E-state index in [0.717, 1.165) is 26.1 Å². The molecule has 0 aromatic heterocycles. The van der Waals surface area contributed by atoms with Gasteiger partial charge in [0.15, 0.2) is 0 Å². The molecule has 118 valence electrons. The molecule has 0 saturated carbocycles. The summed E-state index contributed by atoms with van der Waals surface area (Å²) in [5.74, 6) is 0. The predicted molar refractivity (Wildman–Crippen MR) is 89.8 cm³/mol. The third-order valence-corrected chi connectivity index (χ3v) is 3.33. The Morgan fingerprint density at radius 2 is 1.95 bits per heavy atom. The van der Waals surface area contributed by atoms with Crippen LogP contribution < -0.4 is 16.8 Å². The summed E-state index contributed by atoms with van der Waals surface area (Å²) in [6.07, 6.45) is 1.52. The molecule has 1 fully saturated rings. The molecule has 20 heavy (non-hydrogen) atoms. The van der Waals surface area contributed by atoms with Crippen molar-refractivity contribution in [2.75, 3.05) is 24.6 Å². The molecule has 1 saturated heterocycles. The molecule has 1 unspecified atom stereocenters. The number of hydrogen-bond acceptors (Lipinski definition) is 4. The minimum absolute atomic E-state index is 0. The maximum absolute atomic E-state index is 5.85. The first-order valence-corrected chi connectivity index (χ1v) is 7.42. The lowest BCUT2D eigenvalue weighted by Crippen LogP contribution is -2.22. The van der Waals surface area contributed by atoms with Gasteiger partial charge in [0, 0.05) is 32.9 Å². The van der Waals surface area contributed by atoms with E-state index in [-0.39, 0.29) is 13.6 Å². The molecular weight excluding hydrogens is 250 g/mol. The first-order chi connectivity index (χ1) is 9.20. The van der Waals surface area contributed by atoms with Crippen molar-refractivity contribution in [3.63, 3.8) is 0 Å². The summed E-state index contributed by atoms with van der Waals surface area (Å²) < 4.78 is 5.65. The maximum Gasteiger partial charge on any atom is 0.0766 e. The Kier molecular flexibility index (Phi) is 9.21. The monoisotopic (exact) mass is 283 g/mol. The largest absolute Gasteiger partial charge is 0.377 e. The second kappa shape index (κ2) is 9.75. The van der Waals surface area contributed by atoms with Crippen molar-refractivity contribution < 1.29 is 6.16 Å². The van der Waals surface area contributed by atoms with Crippen LogP contribution in [0, 0.1) is 0 Å². The molecule has 1 aromatic rings. The molecule has 0 aliphatic carbocycles. The summed E-state index contributed by atoms with van der Waals surface area (Å²) in [6.45, 7) is 11.0. The van der Waals surface area contributed by atoms with Crippen LogP contribution in [-0.2, 0) is 4.74 Å². The molecular formula is C16H33N3O. The Labute approximate surface area is 125 Å². The lowest BCUT2D eigenvalue weighted by Gasteiger charge is -2.19. The second-order valence-electron chi connectivity index (χ2n) is 4.69. The highest BCUT2D eigenvalue weighted by molar-refractivity contribution is 5.49. The van der Waals surface area contributed by atoms with Crippen LogP contribution in [0.4, 0.5) is 5.69 Å². The first-order valence-electron chi connectivity index (χ1n) is 7.42. The molecule has 2 rings (SSSR count). The Morgan fingerprint density at radius 3 is 2.45 bits per heavy atom. The Balaban J connectivity index is 0. The number of rotatable bonds is 4. The van der Waals surface area contributed by atoms with Crippen molar-refractivity contribution in [2.45, 2.75) is 46.3 Å². The number of anilines is 1. The van der Waals surface area contributed by atoms with Crippen LogP contribution in [0.2, 0.25) is 0 Å². The van der Waals surface area contributed by atoms with Crippen LogP contribution in [0.25, 0.3) is 0 Å². The molecule has 0 radical (unpaired) electrons. The molecule has 1 heterocycles. The average Bonchev–Trinajstić information content (AvgIpc) is 2.90. The standard InChI is InChI=1S/C14H22N2O.C2H6.H3N.H2/c1-3-17-14-8-9-16(10-14)13-6-4-12(5-7-13)11(2)15;1-2;;/h4-7,11,14H,3,8-10,15H2,1-2H3;1-2H3;1H3;1H/t11?,14-;;;/m1.../s1. The third-order valence-electron chi connectivity index (χ3n) is 3.33. The fraction of sp³-hybridized carbons (Fsp3) is 0.625. The van der Waals surface area contributed by atoms with E-state index in [9.17, 15) is 0 Å². The van der Waals surface area contributed by atoms with E-state index in [4.69, 9.17) is 10.5 Å². The number of benzene rings is 1. The Bertz CT molecular complexity index is 357. The fourth-order valence-corrected chi connectivity index (χ4v) is 2.32. The van der Waals surface area contributed by atoms with E-state index in [1.54, 1.807) is 0 Å². The summed E-state index contributed by atoms with van der Waals surface area (Å²) >= 11 is 0. The minimum atomic E-state index is 0. The van der Waals surface area contributed by atoms with Gasteiger partial charge >= 0.3 is 0 Å². The molecule has 1 aliphatic rings. The molecule has 0 bridgehead atoms. The van der Waals surface area contributed by atoms with Crippen molar-refractivity contribution in [3.05, 3.63) is 29.8 Å². The normalized spacial score (nSPS) is 18.9. The molecule has 4 heteroatoms. The Morgan fingerprint density at radius 1 is 1.35 bits per heavy atom. The van der Waals surface area contributed by atoms with E-state index >= 15 is 0 Å². The van der Waals surface area contributed by atoms with Gasteiger partial charge < -0.3 is 21.5 Å². The zero-order valence-corrected chi connectivity index (χ0v) is 13.4. The lowest BCUT2D eigenvalue weighted by molar-refractivity contribution is 0.0787. The predicted octanol–water partition coefficient (Wildman–Crippen LogP) is 3.76. The first kappa shape index (κ1) is 18.9. The molecule has 2 atom stereocenters. The van der Waals surface area contributed by atoms with Crippen LogP contribution >= 0.6 is 0 Å². The Hall–Kier alpha value is -1.10. The third kappa shape index (κ3) is 5.12. The average molecular weight is 283 g/mol. The smallest absolute Gasteiger partial charge is 0.0766 e. The van der Waals surface area contributed by atoms with Crippen molar-refractivity contribution in [2.24, 2.45) is 5.73 Å². The van der Waals surface area contributed by atoms with E-state index in [2.05, 4.69) is 36.1 Å². The number of hydrogen-bond donors (Lipinski definition) is 2. The lowest BCUT2D eigenvalue weighted by atomic mass is 10.1.